The highest BCUT2D eigenvalue weighted by Crippen LogP contribution is 2.26. The normalized spacial score (nSPS) is 10.1. The smallest absolute Gasteiger partial charge is 0.141 e. The number of para-hydroxylation sites is 2. The number of anilines is 2. The largest absolute Gasteiger partial charge is 0.508 e. The maximum atomic E-state index is 9.71. The zero-order valence-electron chi connectivity index (χ0n) is 10.2. The predicted octanol–water partition coefficient (Wildman–Crippen LogP) is 2.60. The predicted molar refractivity (Wildman–Crippen MR) is 72.8 cm³/mol. The zero-order chi connectivity index (χ0) is 13.0. The molecule has 0 saturated carbocycles. The van der Waals surface area contributed by atoms with Crippen molar-refractivity contribution in [3.63, 3.8) is 0 Å². The quantitative estimate of drug-likeness (QED) is 0.571. The molecule has 4 nitrogen and oxygen atoms in total. The van der Waals surface area contributed by atoms with Gasteiger partial charge in [0.2, 0.25) is 0 Å². The van der Waals surface area contributed by atoms with Crippen LogP contribution >= 0.6 is 0 Å². The lowest BCUT2D eigenvalue weighted by molar-refractivity contribution is 0.416. The van der Waals surface area contributed by atoms with Crippen molar-refractivity contribution in [2.75, 3.05) is 18.2 Å². The molecule has 0 radical (unpaired) electrons. The Morgan fingerprint density at radius 1 is 1.22 bits per heavy atom. The molecule has 0 aliphatic rings. The highest BCUT2D eigenvalue weighted by molar-refractivity contribution is 5.57. The van der Waals surface area contributed by atoms with Gasteiger partial charge in [0, 0.05) is 17.8 Å². The Bertz CT molecular complexity index is 541. The highest BCUT2D eigenvalue weighted by atomic mass is 16.5. The van der Waals surface area contributed by atoms with Gasteiger partial charge >= 0.3 is 0 Å². The van der Waals surface area contributed by atoms with Gasteiger partial charge < -0.3 is 20.9 Å². The Morgan fingerprint density at radius 3 is 2.78 bits per heavy atom. The van der Waals surface area contributed by atoms with E-state index in [9.17, 15) is 5.11 Å². The van der Waals surface area contributed by atoms with Crippen molar-refractivity contribution in [2.24, 2.45) is 0 Å². The number of aromatic hydroxyl groups is 1. The van der Waals surface area contributed by atoms with Gasteiger partial charge in [-0.05, 0) is 30.3 Å². The molecule has 94 valence electrons. The van der Waals surface area contributed by atoms with E-state index in [4.69, 9.17) is 10.5 Å². The van der Waals surface area contributed by atoms with Crippen LogP contribution in [-0.2, 0) is 6.54 Å². The molecule has 0 atom stereocenters. The number of nitrogens with one attached hydrogen (secondary N) is 1. The van der Waals surface area contributed by atoms with E-state index in [1.165, 1.54) is 0 Å². The van der Waals surface area contributed by atoms with Crippen LogP contribution in [0.25, 0.3) is 0 Å². The minimum absolute atomic E-state index is 0.228. The van der Waals surface area contributed by atoms with Gasteiger partial charge in [0.1, 0.15) is 11.5 Å². The Labute approximate surface area is 106 Å². The molecule has 0 aliphatic heterocycles. The number of rotatable bonds is 4. The maximum Gasteiger partial charge on any atom is 0.141 e. The van der Waals surface area contributed by atoms with Gasteiger partial charge in [0.15, 0.2) is 0 Å². The van der Waals surface area contributed by atoms with Gasteiger partial charge in [-0.25, -0.2) is 0 Å². The fourth-order valence-corrected chi connectivity index (χ4v) is 1.73. The number of ether oxygens (including phenoxy) is 1. The van der Waals surface area contributed by atoms with E-state index in [1.807, 2.05) is 24.3 Å². The van der Waals surface area contributed by atoms with Crippen LogP contribution in [0.3, 0.4) is 0 Å². The van der Waals surface area contributed by atoms with Gasteiger partial charge in [-0.3, -0.25) is 0 Å². The van der Waals surface area contributed by atoms with Gasteiger partial charge in [-0.2, -0.15) is 0 Å². The van der Waals surface area contributed by atoms with E-state index in [-0.39, 0.29) is 5.75 Å². The molecule has 0 unspecified atom stereocenters. The molecule has 0 bridgehead atoms. The van der Waals surface area contributed by atoms with E-state index in [0.717, 1.165) is 17.0 Å². The second kappa shape index (κ2) is 5.31. The second-order valence-corrected chi connectivity index (χ2v) is 3.94. The molecular weight excluding hydrogens is 228 g/mol. The summed E-state index contributed by atoms with van der Waals surface area (Å²) in [6.07, 6.45) is 0. The first kappa shape index (κ1) is 12.1. The van der Waals surface area contributed by atoms with Gasteiger partial charge in [0.25, 0.3) is 0 Å². The van der Waals surface area contributed by atoms with Crippen LogP contribution < -0.4 is 15.8 Å². The minimum atomic E-state index is 0.228. The molecule has 0 fully saturated rings. The van der Waals surface area contributed by atoms with Crippen LogP contribution in [-0.4, -0.2) is 12.2 Å². The molecule has 4 heteroatoms. The van der Waals surface area contributed by atoms with Crippen LogP contribution in [0.15, 0.2) is 42.5 Å². The van der Waals surface area contributed by atoms with E-state index < -0.39 is 0 Å². The van der Waals surface area contributed by atoms with Crippen molar-refractivity contribution < 1.29 is 9.84 Å². The third kappa shape index (κ3) is 2.66. The number of phenolic OH excluding ortho intramolecular Hbond substituents is 1. The number of hydrogen-bond donors (Lipinski definition) is 3. The Hall–Kier alpha value is -2.36. The molecule has 0 saturated heterocycles. The molecule has 0 spiro atoms. The number of phenols is 1. The number of nitrogens with two attached hydrogens (primary N) is 1. The number of benzene rings is 2. The summed E-state index contributed by atoms with van der Waals surface area (Å²) in [5, 5.41) is 12.9. The van der Waals surface area contributed by atoms with E-state index in [0.29, 0.717) is 12.2 Å². The first-order valence-electron chi connectivity index (χ1n) is 5.65. The summed E-state index contributed by atoms with van der Waals surface area (Å²) in [4.78, 5) is 0. The lowest BCUT2D eigenvalue weighted by Crippen LogP contribution is -2.02. The fraction of sp³-hybridized carbons (Fsp3) is 0.143. The summed E-state index contributed by atoms with van der Waals surface area (Å²) in [7, 11) is 1.62. The van der Waals surface area contributed by atoms with Crippen molar-refractivity contribution in [3.8, 4) is 11.5 Å². The molecule has 2 aromatic rings. The summed E-state index contributed by atoms with van der Waals surface area (Å²) in [6.45, 7) is 0.483. The monoisotopic (exact) mass is 244 g/mol. The third-order valence-corrected chi connectivity index (χ3v) is 2.68. The van der Waals surface area contributed by atoms with Crippen LogP contribution in [0.1, 0.15) is 5.56 Å². The molecule has 0 heterocycles. The van der Waals surface area contributed by atoms with Gasteiger partial charge in [-0.15, -0.1) is 0 Å². The lowest BCUT2D eigenvalue weighted by Gasteiger charge is -2.12. The molecule has 2 rings (SSSR count). The SMILES string of the molecule is COc1ccccc1NCc1cc(N)ccc1O. The first-order valence-corrected chi connectivity index (χ1v) is 5.65. The van der Waals surface area contributed by atoms with Crippen molar-refractivity contribution >= 4 is 11.4 Å². The summed E-state index contributed by atoms with van der Waals surface area (Å²) in [5.41, 5.74) is 7.95. The van der Waals surface area contributed by atoms with E-state index in [2.05, 4.69) is 5.32 Å². The Balaban J connectivity index is 2.14. The number of hydrogen-bond acceptors (Lipinski definition) is 4. The first-order chi connectivity index (χ1) is 8.70. The number of nitrogen functional groups attached to an aromatic ring is 1. The molecule has 18 heavy (non-hydrogen) atoms. The van der Waals surface area contributed by atoms with Crippen LogP contribution in [0.2, 0.25) is 0 Å². The Kier molecular flexibility index (Phi) is 3.57. The summed E-state index contributed by atoms with van der Waals surface area (Å²) >= 11 is 0. The lowest BCUT2D eigenvalue weighted by atomic mass is 10.1. The van der Waals surface area contributed by atoms with Crippen LogP contribution in [0.5, 0.6) is 11.5 Å². The average molecular weight is 244 g/mol. The maximum absolute atomic E-state index is 9.71. The number of methoxy groups -OCH3 is 1. The molecule has 0 aliphatic carbocycles. The topological polar surface area (TPSA) is 67.5 Å². The van der Waals surface area contributed by atoms with E-state index in [1.54, 1.807) is 25.3 Å². The molecule has 0 amide bonds. The summed E-state index contributed by atoms with van der Waals surface area (Å²) < 4.78 is 5.24. The average Bonchev–Trinajstić information content (AvgIpc) is 2.40. The Morgan fingerprint density at radius 2 is 2.00 bits per heavy atom. The molecule has 0 aromatic heterocycles. The molecular formula is C14H16N2O2. The molecule has 2 aromatic carbocycles. The van der Waals surface area contributed by atoms with Gasteiger partial charge in [0.05, 0.1) is 12.8 Å². The van der Waals surface area contributed by atoms with Crippen molar-refractivity contribution in [1.82, 2.24) is 0 Å². The minimum Gasteiger partial charge on any atom is -0.508 e. The van der Waals surface area contributed by atoms with Crippen molar-refractivity contribution in [2.45, 2.75) is 6.54 Å². The van der Waals surface area contributed by atoms with Crippen LogP contribution in [0, 0.1) is 0 Å². The second-order valence-electron chi connectivity index (χ2n) is 3.94. The molecule has 4 N–H and O–H groups in total. The standard InChI is InChI=1S/C14H16N2O2/c1-18-14-5-3-2-4-12(14)16-9-10-8-11(15)6-7-13(10)17/h2-8,16-17H,9,15H2,1H3. The van der Waals surface area contributed by atoms with Gasteiger partial charge in [-0.1, -0.05) is 12.1 Å². The third-order valence-electron chi connectivity index (χ3n) is 2.68. The zero-order valence-corrected chi connectivity index (χ0v) is 10.2. The van der Waals surface area contributed by atoms with Crippen LogP contribution in [0.4, 0.5) is 11.4 Å². The van der Waals surface area contributed by atoms with Crippen molar-refractivity contribution in [1.29, 1.82) is 0 Å². The highest BCUT2D eigenvalue weighted by Gasteiger charge is 2.04. The summed E-state index contributed by atoms with van der Waals surface area (Å²) in [5.74, 6) is 0.993. The van der Waals surface area contributed by atoms with E-state index >= 15 is 0 Å². The van der Waals surface area contributed by atoms with Crippen molar-refractivity contribution in [3.05, 3.63) is 48.0 Å². The summed E-state index contributed by atoms with van der Waals surface area (Å²) in [6, 6.07) is 12.6. The fourth-order valence-electron chi connectivity index (χ4n) is 1.73.